The Hall–Kier alpha value is -2.09. The lowest BCUT2D eigenvalue weighted by Gasteiger charge is -2.32. The molecule has 0 bridgehead atoms. The topological polar surface area (TPSA) is 56.1 Å². The summed E-state index contributed by atoms with van der Waals surface area (Å²) >= 11 is 0. The third-order valence-corrected chi connectivity index (χ3v) is 3.40. The summed E-state index contributed by atoms with van der Waals surface area (Å²) in [5.74, 6) is -0.998. The fourth-order valence-corrected chi connectivity index (χ4v) is 2.18. The van der Waals surface area contributed by atoms with E-state index in [-0.39, 0.29) is 16.3 Å². The average molecular weight is 315 g/mol. The van der Waals surface area contributed by atoms with E-state index in [0.717, 1.165) is 5.69 Å². The Morgan fingerprint density at radius 1 is 1.32 bits per heavy atom. The van der Waals surface area contributed by atoms with E-state index in [9.17, 15) is 23.1 Å². The van der Waals surface area contributed by atoms with Crippen molar-refractivity contribution in [2.75, 3.05) is 19.0 Å². The van der Waals surface area contributed by atoms with Crippen LogP contribution in [0, 0.1) is 0 Å². The normalized spacial score (nSPS) is 21.8. The molecule has 1 aliphatic heterocycles. The molecule has 120 valence electrons. The number of halogens is 3. The summed E-state index contributed by atoms with van der Waals surface area (Å²) in [4.78, 5) is 14.1. The highest BCUT2D eigenvalue weighted by molar-refractivity contribution is 5.98. The number of hydrazone groups is 1. The molecule has 0 saturated carbocycles. The molecule has 0 fully saturated rings. The van der Waals surface area contributed by atoms with Gasteiger partial charge in [-0.15, -0.1) is 0 Å². The molecular formula is C14H16F3N3O2. The second-order valence-electron chi connectivity index (χ2n) is 5.38. The van der Waals surface area contributed by atoms with Gasteiger partial charge in [0.1, 0.15) is 0 Å². The molecule has 1 aromatic carbocycles. The zero-order chi connectivity index (χ0) is 16.7. The predicted octanol–water partition coefficient (Wildman–Crippen LogP) is 2.23. The van der Waals surface area contributed by atoms with E-state index in [0.29, 0.717) is 0 Å². The van der Waals surface area contributed by atoms with Crippen molar-refractivity contribution >= 4 is 17.3 Å². The number of carbonyl (C=O) groups is 1. The molecular weight excluding hydrogens is 299 g/mol. The molecule has 0 radical (unpaired) electrons. The van der Waals surface area contributed by atoms with Gasteiger partial charge in [-0.25, -0.2) is 0 Å². The molecule has 2 rings (SSSR count). The number of carbonyl (C=O) groups excluding carboxylic acids is 1. The van der Waals surface area contributed by atoms with Crippen molar-refractivity contribution < 1.29 is 23.1 Å². The van der Waals surface area contributed by atoms with Gasteiger partial charge in [0, 0.05) is 37.5 Å². The second-order valence-corrected chi connectivity index (χ2v) is 5.38. The highest BCUT2D eigenvalue weighted by Crippen LogP contribution is 2.40. The number of alkyl halides is 3. The molecule has 22 heavy (non-hydrogen) atoms. The standard InChI is InChI=1S/C14H16F3N3O2/c1-9-8-13(22,14(15,16)17)20(18-9)12(21)10-4-6-11(7-5-10)19(2)3/h4-7,22H,8H2,1-3H3/t13-/m0/s1. The summed E-state index contributed by atoms with van der Waals surface area (Å²) < 4.78 is 39.3. The number of rotatable bonds is 2. The highest BCUT2D eigenvalue weighted by atomic mass is 19.4. The first-order chi connectivity index (χ1) is 10.1. The summed E-state index contributed by atoms with van der Waals surface area (Å²) in [6.07, 6.45) is -5.74. The number of hydrogen-bond acceptors (Lipinski definition) is 4. The summed E-state index contributed by atoms with van der Waals surface area (Å²) in [6, 6.07) is 6.01. The smallest absolute Gasteiger partial charge is 0.378 e. The molecule has 1 aliphatic rings. The second kappa shape index (κ2) is 5.28. The van der Waals surface area contributed by atoms with Gasteiger partial charge in [-0.3, -0.25) is 4.79 Å². The third kappa shape index (κ3) is 2.66. The monoisotopic (exact) mass is 315 g/mol. The Balaban J connectivity index is 2.35. The van der Waals surface area contributed by atoms with Crippen LogP contribution in [0.1, 0.15) is 23.7 Å². The van der Waals surface area contributed by atoms with E-state index in [1.54, 1.807) is 31.1 Å². The zero-order valence-electron chi connectivity index (χ0n) is 12.3. The molecule has 0 unspecified atom stereocenters. The molecule has 5 nitrogen and oxygen atoms in total. The summed E-state index contributed by atoms with van der Waals surface area (Å²) in [5.41, 5.74) is -2.44. The molecule has 0 saturated heterocycles. The minimum absolute atomic E-state index is 0.0201. The summed E-state index contributed by atoms with van der Waals surface area (Å²) in [5, 5.41) is 13.6. The lowest BCUT2D eigenvalue weighted by Crippen LogP contribution is -2.56. The summed E-state index contributed by atoms with van der Waals surface area (Å²) in [6.45, 7) is 1.33. The predicted molar refractivity (Wildman–Crippen MR) is 75.7 cm³/mol. The Kier molecular flexibility index (Phi) is 3.90. The van der Waals surface area contributed by atoms with Gasteiger partial charge in [0.25, 0.3) is 11.6 Å². The fraction of sp³-hybridized carbons (Fsp3) is 0.429. The van der Waals surface area contributed by atoms with Crippen LogP contribution in [0.15, 0.2) is 29.4 Å². The lowest BCUT2D eigenvalue weighted by atomic mass is 10.1. The maximum Gasteiger partial charge on any atom is 0.438 e. The van der Waals surface area contributed by atoms with Crippen molar-refractivity contribution in [1.82, 2.24) is 5.01 Å². The maximum absolute atomic E-state index is 13.1. The van der Waals surface area contributed by atoms with Crippen molar-refractivity contribution in [3.05, 3.63) is 29.8 Å². The van der Waals surface area contributed by atoms with E-state index >= 15 is 0 Å². The van der Waals surface area contributed by atoms with Crippen molar-refractivity contribution in [3.63, 3.8) is 0 Å². The highest BCUT2D eigenvalue weighted by Gasteiger charge is 2.62. The van der Waals surface area contributed by atoms with Crippen molar-refractivity contribution in [2.24, 2.45) is 5.10 Å². The van der Waals surface area contributed by atoms with E-state index in [2.05, 4.69) is 5.10 Å². The van der Waals surface area contributed by atoms with E-state index in [1.807, 2.05) is 0 Å². The van der Waals surface area contributed by atoms with Gasteiger partial charge >= 0.3 is 6.18 Å². The minimum Gasteiger partial charge on any atom is -0.378 e. The zero-order valence-corrected chi connectivity index (χ0v) is 12.3. The van der Waals surface area contributed by atoms with E-state index < -0.39 is 24.2 Å². The first-order valence-electron chi connectivity index (χ1n) is 6.51. The van der Waals surface area contributed by atoms with Crippen LogP contribution >= 0.6 is 0 Å². The molecule has 0 spiro atoms. The first-order valence-corrected chi connectivity index (χ1v) is 6.51. The van der Waals surface area contributed by atoms with Crippen molar-refractivity contribution in [3.8, 4) is 0 Å². The van der Waals surface area contributed by atoms with Crippen molar-refractivity contribution in [1.29, 1.82) is 0 Å². The van der Waals surface area contributed by atoms with Crippen LogP contribution in [-0.4, -0.2) is 47.7 Å². The van der Waals surface area contributed by atoms with Gasteiger partial charge in [0.2, 0.25) is 0 Å². The number of nitrogens with zero attached hydrogens (tertiary/aromatic N) is 3. The number of aliphatic hydroxyl groups is 1. The molecule has 1 aromatic rings. The molecule has 0 aromatic heterocycles. The van der Waals surface area contributed by atoms with Gasteiger partial charge in [-0.05, 0) is 31.2 Å². The fourth-order valence-electron chi connectivity index (χ4n) is 2.18. The number of hydrogen-bond donors (Lipinski definition) is 1. The lowest BCUT2D eigenvalue weighted by molar-refractivity contribution is -0.297. The SMILES string of the molecule is CC1=NN(C(=O)c2ccc(N(C)C)cc2)[C@@](O)(C(F)(F)F)C1. The van der Waals surface area contributed by atoms with Crippen LogP contribution < -0.4 is 4.90 Å². The van der Waals surface area contributed by atoms with Crippen molar-refractivity contribution in [2.45, 2.75) is 25.2 Å². The summed E-state index contributed by atoms with van der Waals surface area (Å²) in [7, 11) is 3.60. The van der Waals surface area contributed by atoms with Gasteiger partial charge < -0.3 is 10.0 Å². The first kappa shape index (κ1) is 16.3. The van der Waals surface area contributed by atoms with Crippen LogP contribution in [0.2, 0.25) is 0 Å². The maximum atomic E-state index is 13.1. The Labute approximate surface area is 125 Å². The number of benzene rings is 1. The van der Waals surface area contributed by atoms with Gasteiger partial charge in [-0.2, -0.15) is 23.3 Å². The van der Waals surface area contributed by atoms with Crippen LogP contribution in [0.3, 0.4) is 0 Å². The van der Waals surface area contributed by atoms with Gasteiger partial charge in [-0.1, -0.05) is 0 Å². The Bertz CT molecular complexity index is 611. The Morgan fingerprint density at radius 2 is 1.86 bits per heavy atom. The third-order valence-electron chi connectivity index (χ3n) is 3.40. The molecule has 8 heteroatoms. The molecule has 0 aliphatic carbocycles. The average Bonchev–Trinajstić information content (AvgIpc) is 2.74. The quantitative estimate of drug-likeness (QED) is 0.910. The number of amides is 1. The molecule has 1 N–H and O–H groups in total. The van der Waals surface area contributed by atoms with Crippen LogP contribution in [0.25, 0.3) is 0 Å². The van der Waals surface area contributed by atoms with Gasteiger partial charge in [0.15, 0.2) is 0 Å². The van der Waals surface area contributed by atoms with E-state index in [1.165, 1.54) is 19.1 Å². The Morgan fingerprint density at radius 3 is 2.32 bits per heavy atom. The van der Waals surface area contributed by atoms with E-state index in [4.69, 9.17) is 0 Å². The number of anilines is 1. The molecule has 1 atom stereocenters. The van der Waals surface area contributed by atoms with Gasteiger partial charge in [0.05, 0.1) is 0 Å². The van der Waals surface area contributed by atoms with Crippen LogP contribution in [-0.2, 0) is 0 Å². The van der Waals surface area contributed by atoms with Crippen LogP contribution in [0.5, 0.6) is 0 Å². The largest absolute Gasteiger partial charge is 0.438 e. The molecule has 1 heterocycles. The molecule has 1 amide bonds. The van der Waals surface area contributed by atoms with Crippen LogP contribution in [0.4, 0.5) is 18.9 Å². The minimum atomic E-state index is -4.99.